The Bertz CT molecular complexity index is 762. The van der Waals surface area contributed by atoms with Crippen LogP contribution in [0.5, 0.6) is 17.2 Å². The molecule has 0 atom stereocenters. The lowest BCUT2D eigenvalue weighted by atomic mass is 10.3. The first-order chi connectivity index (χ1) is 10.3. The molecule has 3 rings (SSSR count). The second-order valence-corrected chi connectivity index (χ2v) is 4.45. The van der Waals surface area contributed by atoms with Gasteiger partial charge in [0.05, 0.1) is 5.69 Å². The summed E-state index contributed by atoms with van der Waals surface area (Å²) in [5, 5.41) is 0. The van der Waals surface area contributed by atoms with E-state index in [9.17, 15) is 4.79 Å². The predicted octanol–water partition coefficient (Wildman–Crippen LogP) is 3.07. The summed E-state index contributed by atoms with van der Waals surface area (Å²) >= 11 is 0. The summed E-state index contributed by atoms with van der Waals surface area (Å²) < 4.78 is 11.3. The molecule has 0 saturated carbocycles. The number of hydrogen-bond donors (Lipinski definition) is 2. The molecule has 0 unspecified atom stereocenters. The van der Waals surface area contributed by atoms with Crippen LogP contribution >= 0.6 is 0 Å². The van der Waals surface area contributed by atoms with Crippen molar-refractivity contribution in [3.8, 4) is 17.2 Å². The van der Waals surface area contributed by atoms with Crippen molar-refractivity contribution in [3.63, 3.8) is 0 Å². The summed E-state index contributed by atoms with van der Waals surface area (Å²) in [6, 6.07) is 16.9. The molecule has 0 aliphatic rings. The SMILES string of the molecule is O=c1[nH]cc(COc2cccc(Oc3ccccc3)c2)[nH]1. The quantitative estimate of drug-likeness (QED) is 0.755. The average Bonchev–Trinajstić information content (AvgIpc) is 2.92. The van der Waals surface area contributed by atoms with Gasteiger partial charge in [-0.05, 0) is 24.3 Å². The van der Waals surface area contributed by atoms with E-state index >= 15 is 0 Å². The second-order valence-electron chi connectivity index (χ2n) is 4.45. The summed E-state index contributed by atoms with van der Waals surface area (Å²) in [6.07, 6.45) is 1.59. The summed E-state index contributed by atoms with van der Waals surface area (Å²) in [5.74, 6) is 2.14. The van der Waals surface area contributed by atoms with Crippen molar-refractivity contribution in [2.24, 2.45) is 0 Å². The fourth-order valence-electron chi connectivity index (χ4n) is 1.86. The number of H-pyrrole nitrogens is 2. The molecule has 1 heterocycles. The number of aromatic nitrogens is 2. The van der Waals surface area contributed by atoms with E-state index in [1.165, 1.54) is 0 Å². The van der Waals surface area contributed by atoms with E-state index in [1.54, 1.807) is 12.3 Å². The predicted molar refractivity (Wildman–Crippen MR) is 78.7 cm³/mol. The van der Waals surface area contributed by atoms with Crippen molar-refractivity contribution in [1.82, 2.24) is 9.97 Å². The zero-order valence-corrected chi connectivity index (χ0v) is 11.2. The van der Waals surface area contributed by atoms with Gasteiger partial charge in [0.25, 0.3) is 0 Å². The lowest BCUT2D eigenvalue weighted by Gasteiger charge is -2.08. The van der Waals surface area contributed by atoms with Gasteiger partial charge in [0.1, 0.15) is 23.9 Å². The Kier molecular flexibility index (Phi) is 3.73. The first-order valence-electron chi connectivity index (χ1n) is 6.52. The molecule has 2 N–H and O–H groups in total. The van der Waals surface area contributed by atoms with Crippen LogP contribution in [-0.4, -0.2) is 9.97 Å². The summed E-state index contributed by atoms with van der Waals surface area (Å²) in [5.41, 5.74) is 0.448. The lowest BCUT2D eigenvalue weighted by molar-refractivity contribution is 0.300. The van der Waals surface area contributed by atoms with Crippen LogP contribution in [0.3, 0.4) is 0 Å². The molecule has 2 aromatic carbocycles. The fourth-order valence-corrected chi connectivity index (χ4v) is 1.86. The van der Waals surface area contributed by atoms with E-state index in [2.05, 4.69) is 9.97 Å². The Labute approximate surface area is 121 Å². The Morgan fingerprint density at radius 3 is 2.43 bits per heavy atom. The molecule has 0 aliphatic heterocycles. The van der Waals surface area contributed by atoms with Gasteiger partial charge in [-0.15, -0.1) is 0 Å². The Balaban J connectivity index is 1.67. The van der Waals surface area contributed by atoms with Crippen LogP contribution in [0.2, 0.25) is 0 Å². The molecule has 0 bridgehead atoms. The van der Waals surface area contributed by atoms with Crippen LogP contribution in [0.15, 0.2) is 65.6 Å². The normalized spacial score (nSPS) is 10.3. The Morgan fingerprint density at radius 2 is 1.67 bits per heavy atom. The molecule has 3 aromatic rings. The lowest BCUT2D eigenvalue weighted by Crippen LogP contribution is -2.02. The maximum Gasteiger partial charge on any atom is 0.323 e. The Morgan fingerprint density at radius 1 is 0.905 bits per heavy atom. The van der Waals surface area contributed by atoms with Gasteiger partial charge in [0, 0.05) is 12.3 Å². The van der Waals surface area contributed by atoms with E-state index in [-0.39, 0.29) is 12.3 Å². The smallest absolute Gasteiger partial charge is 0.323 e. The molecule has 0 saturated heterocycles. The number of para-hydroxylation sites is 1. The van der Waals surface area contributed by atoms with Crippen LogP contribution in [0.25, 0.3) is 0 Å². The van der Waals surface area contributed by atoms with Gasteiger partial charge in [0.2, 0.25) is 0 Å². The average molecular weight is 282 g/mol. The van der Waals surface area contributed by atoms with Gasteiger partial charge in [-0.1, -0.05) is 24.3 Å². The van der Waals surface area contributed by atoms with Gasteiger partial charge in [0.15, 0.2) is 0 Å². The first-order valence-corrected chi connectivity index (χ1v) is 6.52. The van der Waals surface area contributed by atoms with Crippen molar-refractivity contribution in [1.29, 1.82) is 0 Å². The molecular weight excluding hydrogens is 268 g/mol. The molecule has 106 valence electrons. The van der Waals surface area contributed by atoms with Crippen LogP contribution in [0.1, 0.15) is 5.69 Å². The number of ether oxygens (including phenoxy) is 2. The monoisotopic (exact) mass is 282 g/mol. The molecule has 0 amide bonds. The highest BCUT2D eigenvalue weighted by atomic mass is 16.5. The van der Waals surface area contributed by atoms with Crippen LogP contribution in [0, 0.1) is 0 Å². The first kappa shape index (κ1) is 13.1. The van der Waals surface area contributed by atoms with Crippen LogP contribution < -0.4 is 15.2 Å². The highest BCUT2D eigenvalue weighted by Gasteiger charge is 2.01. The maximum atomic E-state index is 11.0. The molecule has 0 radical (unpaired) electrons. The maximum absolute atomic E-state index is 11.0. The number of nitrogens with one attached hydrogen (secondary N) is 2. The van der Waals surface area contributed by atoms with Crippen LogP contribution in [-0.2, 0) is 6.61 Å². The zero-order chi connectivity index (χ0) is 14.5. The third kappa shape index (κ3) is 3.54. The molecule has 0 fully saturated rings. The topological polar surface area (TPSA) is 67.1 Å². The number of benzene rings is 2. The van der Waals surface area contributed by atoms with Gasteiger partial charge in [-0.3, -0.25) is 0 Å². The number of aromatic amines is 2. The molecular formula is C16H14N2O3. The molecule has 5 nitrogen and oxygen atoms in total. The summed E-state index contributed by atoms with van der Waals surface area (Å²) in [4.78, 5) is 16.1. The molecule has 1 aromatic heterocycles. The molecule has 0 spiro atoms. The van der Waals surface area contributed by atoms with E-state index in [4.69, 9.17) is 9.47 Å². The van der Waals surface area contributed by atoms with Gasteiger partial charge < -0.3 is 19.4 Å². The zero-order valence-electron chi connectivity index (χ0n) is 11.2. The highest BCUT2D eigenvalue weighted by molar-refractivity contribution is 5.36. The van der Waals surface area contributed by atoms with Gasteiger partial charge in [-0.25, -0.2) is 4.79 Å². The number of rotatable bonds is 5. The minimum atomic E-state index is -0.241. The highest BCUT2D eigenvalue weighted by Crippen LogP contribution is 2.25. The van der Waals surface area contributed by atoms with Crippen molar-refractivity contribution >= 4 is 0 Å². The van der Waals surface area contributed by atoms with E-state index in [0.29, 0.717) is 17.2 Å². The number of hydrogen-bond acceptors (Lipinski definition) is 3. The van der Waals surface area contributed by atoms with Crippen LogP contribution in [0.4, 0.5) is 0 Å². The van der Waals surface area contributed by atoms with E-state index in [0.717, 1.165) is 5.75 Å². The minimum Gasteiger partial charge on any atom is -0.487 e. The summed E-state index contributed by atoms with van der Waals surface area (Å²) in [6.45, 7) is 0.285. The standard InChI is InChI=1S/C16H14N2O3/c19-16-17-10-12(18-16)11-20-14-7-4-8-15(9-14)21-13-5-2-1-3-6-13/h1-10H,11H2,(H2,17,18,19). The van der Waals surface area contributed by atoms with Crippen molar-refractivity contribution in [2.45, 2.75) is 6.61 Å². The fraction of sp³-hybridized carbons (Fsp3) is 0.0625. The largest absolute Gasteiger partial charge is 0.487 e. The summed E-state index contributed by atoms with van der Waals surface area (Å²) in [7, 11) is 0. The molecule has 21 heavy (non-hydrogen) atoms. The van der Waals surface area contributed by atoms with E-state index in [1.807, 2.05) is 48.5 Å². The van der Waals surface area contributed by atoms with Crippen molar-refractivity contribution in [3.05, 3.63) is 77.0 Å². The Hall–Kier alpha value is -2.95. The number of imidazole rings is 1. The molecule has 5 heteroatoms. The van der Waals surface area contributed by atoms with Gasteiger partial charge >= 0.3 is 5.69 Å². The second kappa shape index (κ2) is 6.00. The van der Waals surface area contributed by atoms with E-state index < -0.39 is 0 Å². The third-order valence-electron chi connectivity index (χ3n) is 2.83. The molecule has 0 aliphatic carbocycles. The minimum absolute atomic E-state index is 0.241. The third-order valence-corrected chi connectivity index (χ3v) is 2.83. The van der Waals surface area contributed by atoms with Crippen molar-refractivity contribution < 1.29 is 9.47 Å². The van der Waals surface area contributed by atoms with Gasteiger partial charge in [-0.2, -0.15) is 0 Å². The van der Waals surface area contributed by atoms with Crippen molar-refractivity contribution in [2.75, 3.05) is 0 Å².